The SMILES string of the molecule is CC(CNC(=O)NCCCC(=O)O)c1c(Cl)cccc1Cl. The Balaban J connectivity index is 2.37. The van der Waals surface area contributed by atoms with Gasteiger partial charge in [0.15, 0.2) is 0 Å². The maximum Gasteiger partial charge on any atom is 0.314 e. The van der Waals surface area contributed by atoms with Gasteiger partial charge in [-0.3, -0.25) is 4.79 Å². The molecule has 2 amide bonds. The predicted molar refractivity (Wildman–Crippen MR) is 83.1 cm³/mol. The molecule has 0 aromatic heterocycles. The predicted octanol–water partition coefficient (Wildman–Crippen LogP) is 3.26. The number of hydrogen-bond donors (Lipinski definition) is 3. The lowest BCUT2D eigenvalue weighted by Gasteiger charge is -2.16. The third-order valence-corrected chi connectivity index (χ3v) is 3.57. The normalized spacial score (nSPS) is 11.8. The molecule has 0 aliphatic heterocycles. The largest absolute Gasteiger partial charge is 0.481 e. The van der Waals surface area contributed by atoms with Crippen molar-refractivity contribution in [3.63, 3.8) is 0 Å². The van der Waals surface area contributed by atoms with Crippen LogP contribution in [0.3, 0.4) is 0 Å². The minimum atomic E-state index is -0.876. The fourth-order valence-electron chi connectivity index (χ4n) is 1.83. The van der Waals surface area contributed by atoms with Gasteiger partial charge < -0.3 is 15.7 Å². The number of carbonyl (C=O) groups is 2. The fourth-order valence-corrected chi connectivity index (χ4v) is 2.60. The molecule has 0 radical (unpaired) electrons. The fraction of sp³-hybridized carbons (Fsp3) is 0.429. The average molecular weight is 333 g/mol. The number of aliphatic carboxylic acids is 1. The molecule has 5 nitrogen and oxygen atoms in total. The summed E-state index contributed by atoms with van der Waals surface area (Å²) in [7, 11) is 0. The summed E-state index contributed by atoms with van der Waals surface area (Å²) >= 11 is 12.2. The van der Waals surface area contributed by atoms with Crippen molar-refractivity contribution in [2.24, 2.45) is 0 Å². The van der Waals surface area contributed by atoms with Gasteiger partial charge in [-0.1, -0.05) is 36.2 Å². The zero-order valence-corrected chi connectivity index (χ0v) is 13.2. The van der Waals surface area contributed by atoms with Crippen LogP contribution in [0.5, 0.6) is 0 Å². The first-order valence-electron chi connectivity index (χ1n) is 6.59. The Morgan fingerprint density at radius 3 is 2.43 bits per heavy atom. The number of urea groups is 1. The zero-order chi connectivity index (χ0) is 15.8. The summed E-state index contributed by atoms with van der Waals surface area (Å²) in [6, 6.07) is 4.94. The summed E-state index contributed by atoms with van der Waals surface area (Å²) < 4.78 is 0. The lowest BCUT2D eigenvalue weighted by Crippen LogP contribution is -2.38. The first-order valence-corrected chi connectivity index (χ1v) is 7.34. The van der Waals surface area contributed by atoms with Gasteiger partial charge in [-0.25, -0.2) is 4.79 Å². The van der Waals surface area contributed by atoms with Crippen molar-refractivity contribution in [2.45, 2.75) is 25.7 Å². The van der Waals surface area contributed by atoms with E-state index in [1.807, 2.05) is 6.92 Å². The number of carboxylic acids is 1. The number of amides is 2. The highest BCUT2D eigenvalue weighted by atomic mass is 35.5. The highest BCUT2D eigenvalue weighted by molar-refractivity contribution is 6.36. The van der Waals surface area contributed by atoms with E-state index in [4.69, 9.17) is 28.3 Å². The number of nitrogens with one attached hydrogen (secondary N) is 2. The molecule has 0 heterocycles. The quantitative estimate of drug-likeness (QED) is 0.670. The van der Waals surface area contributed by atoms with Gasteiger partial charge in [0.25, 0.3) is 0 Å². The minimum absolute atomic E-state index is 0.0315. The Labute approximate surface area is 133 Å². The summed E-state index contributed by atoms with van der Waals surface area (Å²) in [5.74, 6) is -0.907. The van der Waals surface area contributed by atoms with Crippen LogP contribution in [0, 0.1) is 0 Å². The van der Waals surface area contributed by atoms with Gasteiger partial charge in [0.2, 0.25) is 0 Å². The van der Waals surface area contributed by atoms with E-state index in [1.54, 1.807) is 18.2 Å². The van der Waals surface area contributed by atoms with E-state index < -0.39 is 5.97 Å². The molecule has 1 unspecified atom stereocenters. The van der Waals surface area contributed by atoms with E-state index in [0.717, 1.165) is 5.56 Å². The van der Waals surface area contributed by atoms with Gasteiger partial charge in [0.05, 0.1) is 0 Å². The van der Waals surface area contributed by atoms with Crippen molar-refractivity contribution >= 4 is 35.2 Å². The van der Waals surface area contributed by atoms with Crippen LogP contribution in [0.1, 0.15) is 31.2 Å². The highest BCUT2D eigenvalue weighted by Crippen LogP contribution is 2.30. The van der Waals surface area contributed by atoms with Crippen LogP contribution >= 0.6 is 23.2 Å². The molecule has 0 bridgehead atoms. The van der Waals surface area contributed by atoms with E-state index in [2.05, 4.69) is 10.6 Å². The van der Waals surface area contributed by atoms with Crippen LogP contribution in [0.25, 0.3) is 0 Å². The van der Waals surface area contributed by atoms with Crippen molar-refractivity contribution in [2.75, 3.05) is 13.1 Å². The van der Waals surface area contributed by atoms with Gasteiger partial charge >= 0.3 is 12.0 Å². The summed E-state index contributed by atoms with van der Waals surface area (Å²) in [5.41, 5.74) is 0.798. The number of carboxylic acid groups (broad SMARTS) is 1. The number of rotatable bonds is 7. The van der Waals surface area contributed by atoms with Crippen molar-refractivity contribution in [3.05, 3.63) is 33.8 Å². The lowest BCUT2D eigenvalue weighted by atomic mass is 10.0. The maximum absolute atomic E-state index is 11.6. The molecule has 0 aliphatic rings. The van der Waals surface area contributed by atoms with Crippen molar-refractivity contribution in [1.82, 2.24) is 10.6 Å². The third kappa shape index (κ3) is 6.23. The molecule has 0 aliphatic carbocycles. The van der Waals surface area contributed by atoms with Crippen LogP contribution in [-0.2, 0) is 4.79 Å². The second-order valence-corrected chi connectivity index (χ2v) is 5.48. The average Bonchev–Trinajstić information content (AvgIpc) is 2.41. The Kier molecular flexibility index (Phi) is 7.32. The van der Waals surface area contributed by atoms with Crippen LogP contribution in [-0.4, -0.2) is 30.2 Å². The molecule has 0 spiro atoms. The summed E-state index contributed by atoms with van der Waals surface area (Å²) in [6.45, 7) is 2.62. The Morgan fingerprint density at radius 2 is 1.86 bits per heavy atom. The van der Waals surface area contributed by atoms with Crippen molar-refractivity contribution < 1.29 is 14.7 Å². The molecule has 1 aromatic carbocycles. The number of benzene rings is 1. The van der Waals surface area contributed by atoms with E-state index in [1.165, 1.54) is 0 Å². The molecule has 1 rings (SSSR count). The van der Waals surface area contributed by atoms with Crippen LogP contribution in [0.2, 0.25) is 10.0 Å². The summed E-state index contributed by atoms with van der Waals surface area (Å²) in [5, 5.41) is 14.9. The van der Waals surface area contributed by atoms with E-state index in [0.29, 0.717) is 29.6 Å². The summed E-state index contributed by atoms with van der Waals surface area (Å²) in [4.78, 5) is 21.9. The molecule has 7 heteroatoms. The third-order valence-electron chi connectivity index (χ3n) is 2.91. The van der Waals surface area contributed by atoms with Crippen molar-refractivity contribution in [1.29, 1.82) is 0 Å². The van der Waals surface area contributed by atoms with E-state index in [9.17, 15) is 9.59 Å². The molecule has 0 saturated heterocycles. The molecule has 0 fully saturated rings. The standard InChI is InChI=1S/C14H18Cl2N2O3/c1-9(13-10(15)4-2-5-11(13)16)8-18-14(21)17-7-3-6-12(19)20/h2,4-5,9H,3,6-8H2,1H3,(H,19,20)(H2,17,18,21). The Bertz CT molecular complexity index is 489. The first-order chi connectivity index (χ1) is 9.91. The molecular weight excluding hydrogens is 315 g/mol. The number of hydrogen-bond acceptors (Lipinski definition) is 2. The molecule has 116 valence electrons. The Hall–Kier alpha value is -1.46. The molecule has 1 atom stereocenters. The van der Waals surface area contributed by atoms with Gasteiger partial charge in [0.1, 0.15) is 0 Å². The maximum atomic E-state index is 11.6. The van der Waals surface area contributed by atoms with Crippen LogP contribution in [0.4, 0.5) is 4.79 Å². The van der Waals surface area contributed by atoms with Crippen LogP contribution < -0.4 is 10.6 Å². The van der Waals surface area contributed by atoms with Gasteiger partial charge in [0, 0.05) is 35.5 Å². The summed E-state index contributed by atoms with van der Waals surface area (Å²) in [6.07, 6.45) is 0.431. The number of halogens is 2. The van der Waals surface area contributed by atoms with Gasteiger partial charge in [-0.2, -0.15) is 0 Å². The van der Waals surface area contributed by atoms with Crippen LogP contribution in [0.15, 0.2) is 18.2 Å². The number of carbonyl (C=O) groups excluding carboxylic acids is 1. The molecule has 21 heavy (non-hydrogen) atoms. The lowest BCUT2D eigenvalue weighted by molar-refractivity contribution is -0.137. The second-order valence-electron chi connectivity index (χ2n) is 4.67. The minimum Gasteiger partial charge on any atom is -0.481 e. The smallest absolute Gasteiger partial charge is 0.314 e. The van der Waals surface area contributed by atoms with Gasteiger partial charge in [-0.05, 0) is 24.1 Å². The Morgan fingerprint density at radius 1 is 1.24 bits per heavy atom. The highest BCUT2D eigenvalue weighted by Gasteiger charge is 2.14. The topological polar surface area (TPSA) is 78.4 Å². The second kappa shape index (κ2) is 8.74. The van der Waals surface area contributed by atoms with Gasteiger partial charge in [-0.15, -0.1) is 0 Å². The van der Waals surface area contributed by atoms with E-state index >= 15 is 0 Å². The molecule has 0 saturated carbocycles. The molecule has 1 aromatic rings. The molecule has 3 N–H and O–H groups in total. The monoisotopic (exact) mass is 332 g/mol. The molecular formula is C14H18Cl2N2O3. The van der Waals surface area contributed by atoms with Crippen molar-refractivity contribution in [3.8, 4) is 0 Å². The zero-order valence-electron chi connectivity index (χ0n) is 11.7. The first kappa shape index (κ1) is 17.6. The van der Waals surface area contributed by atoms with E-state index in [-0.39, 0.29) is 18.4 Å².